The largest absolute Gasteiger partial charge is 0.387 e. The van der Waals surface area contributed by atoms with Crippen LogP contribution in [0.1, 0.15) is 101 Å². The molecule has 11 atom stereocenters. The molecule has 0 amide bonds. The summed E-state index contributed by atoms with van der Waals surface area (Å²) in [4.78, 5) is 18.0. The van der Waals surface area contributed by atoms with Gasteiger partial charge in [0.05, 0.1) is 23.2 Å². The number of hydrogen-bond donors (Lipinski definition) is 3. The number of aromatic amines is 1. The van der Waals surface area contributed by atoms with E-state index in [4.69, 9.17) is 14.2 Å². The first-order valence-corrected chi connectivity index (χ1v) is 16.8. The van der Waals surface area contributed by atoms with Crippen molar-refractivity contribution >= 4 is 16.7 Å². The highest BCUT2D eigenvalue weighted by atomic mass is 16.7. The molecule has 3 saturated heterocycles. The van der Waals surface area contributed by atoms with E-state index in [1.807, 2.05) is 13.0 Å². The van der Waals surface area contributed by atoms with Gasteiger partial charge in [-0.15, -0.1) is 0 Å². The molecule has 44 heavy (non-hydrogen) atoms. The van der Waals surface area contributed by atoms with Gasteiger partial charge in [-0.3, -0.25) is 4.79 Å². The van der Waals surface area contributed by atoms with Crippen LogP contribution in [0, 0.1) is 23.2 Å². The Bertz CT molecular complexity index is 1690. The topological polar surface area (TPSA) is 104 Å². The van der Waals surface area contributed by atoms with Gasteiger partial charge in [-0.05, 0) is 108 Å². The number of Topliss-reactive ketones (excluding diaryl/α,β-unsaturated/α-hetero) is 1. The highest BCUT2D eigenvalue weighted by Crippen LogP contribution is 2.75. The van der Waals surface area contributed by atoms with Gasteiger partial charge in [-0.1, -0.05) is 20.4 Å². The Morgan fingerprint density at radius 2 is 1.77 bits per heavy atom. The third-order valence-electron chi connectivity index (χ3n) is 14.6. The van der Waals surface area contributed by atoms with Crippen molar-refractivity contribution in [2.45, 2.75) is 139 Å². The van der Waals surface area contributed by atoms with Crippen LogP contribution in [0.25, 0.3) is 10.9 Å². The Morgan fingerprint density at radius 1 is 1.02 bits per heavy atom. The van der Waals surface area contributed by atoms with Crippen LogP contribution in [0.15, 0.2) is 24.3 Å². The van der Waals surface area contributed by atoms with Gasteiger partial charge in [-0.25, -0.2) is 0 Å². The maximum Gasteiger partial charge on any atom is 0.169 e. The summed E-state index contributed by atoms with van der Waals surface area (Å²) in [5.41, 5.74) is 2.65. The number of epoxide rings is 1. The number of carbonyl (C=O) groups excluding carboxylic acids is 1. The number of nitrogens with one attached hydrogen (secondary N) is 1. The van der Waals surface area contributed by atoms with E-state index in [1.165, 1.54) is 22.2 Å². The summed E-state index contributed by atoms with van der Waals surface area (Å²) >= 11 is 0. The number of aromatic nitrogens is 1. The van der Waals surface area contributed by atoms with Gasteiger partial charge >= 0.3 is 0 Å². The predicted molar refractivity (Wildman–Crippen MR) is 166 cm³/mol. The lowest BCUT2D eigenvalue weighted by Gasteiger charge is -2.66. The van der Waals surface area contributed by atoms with E-state index in [9.17, 15) is 15.0 Å². The maximum absolute atomic E-state index is 14.2. The van der Waals surface area contributed by atoms with E-state index in [0.29, 0.717) is 12.3 Å². The van der Waals surface area contributed by atoms with Crippen LogP contribution in [0.5, 0.6) is 0 Å². The number of aliphatic hydroxyl groups is 2. The SMILES string of the molecule is C=C(C)C1OC2CC[C@@]3(C)[C@@](O)(CCC4Cc5c([nH]c6ccc7c(c56)C[C@@H]5[C@@H](C7=O)C(C)(C)OC5(C)C)[C@@]43C)[C@]23O[C@H]3[C@@H]1O. The molecule has 4 heterocycles. The van der Waals surface area contributed by atoms with Crippen LogP contribution in [0.4, 0.5) is 0 Å². The third kappa shape index (κ3) is 2.81. The van der Waals surface area contributed by atoms with E-state index in [0.717, 1.165) is 48.8 Å². The Morgan fingerprint density at radius 3 is 2.50 bits per heavy atom. The van der Waals surface area contributed by atoms with E-state index in [1.54, 1.807) is 0 Å². The van der Waals surface area contributed by atoms with Gasteiger partial charge in [-0.2, -0.15) is 0 Å². The van der Waals surface area contributed by atoms with Crippen molar-refractivity contribution in [1.29, 1.82) is 0 Å². The van der Waals surface area contributed by atoms with E-state index in [-0.39, 0.29) is 34.7 Å². The van der Waals surface area contributed by atoms with Gasteiger partial charge in [0.2, 0.25) is 0 Å². The molecule has 7 aliphatic rings. The highest BCUT2D eigenvalue weighted by Gasteiger charge is 2.86. The summed E-state index contributed by atoms with van der Waals surface area (Å²) < 4.78 is 19.5. The number of ketones is 1. The van der Waals surface area contributed by atoms with Gasteiger partial charge < -0.3 is 29.4 Å². The van der Waals surface area contributed by atoms with Crippen molar-refractivity contribution in [2.24, 2.45) is 23.2 Å². The number of benzene rings is 1. The van der Waals surface area contributed by atoms with Crippen molar-refractivity contribution in [1.82, 2.24) is 4.98 Å². The molecule has 5 fully saturated rings. The minimum atomic E-state index is -1.15. The first kappa shape index (κ1) is 28.2. The molecule has 236 valence electrons. The average Bonchev–Trinajstić information content (AvgIpc) is 3.44. The average molecular weight is 602 g/mol. The van der Waals surface area contributed by atoms with Crippen LogP contribution < -0.4 is 0 Å². The summed E-state index contributed by atoms with van der Waals surface area (Å²) in [5.74, 6) is 0.538. The fourth-order valence-electron chi connectivity index (χ4n) is 12.4. The molecule has 9 rings (SSSR count). The van der Waals surface area contributed by atoms with Crippen LogP contribution in [0.2, 0.25) is 0 Å². The number of carbonyl (C=O) groups is 1. The molecule has 1 spiro atoms. The quantitative estimate of drug-likeness (QED) is 0.302. The fraction of sp³-hybridized carbons (Fsp3) is 0.703. The zero-order valence-corrected chi connectivity index (χ0v) is 27.2. The number of ether oxygens (including phenoxy) is 3. The molecule has 7 heteroatoms. The summed E-state index contributed by atoms with van der Waals surface area (Å²) in [7, 11) is 0. The minimum absolute atomic E-state index is 0.120. The second-order valence-corrected chi connectivity index (χ2v) is 17.0. The second-order valence-electron chi connectivity index (χ2n) is 17.0. The fourth-order valence-corrected chi connectivity index (χ4v) is 12.4. The lowest BCUT2D eigenvalue weighted by atomic mass is 9.40. The Hall–Kier alpha value is -2.03. The second kappa shape index (κ2) is 7.91. The first-order valence-electron chi connectivity index (χ1n) is 16.8. The van der Waals surface area contributed by atoms with Crippen molar-refractivity contribution < 1.29 is 29.2 Å². The first-order chi connectivity index (χ1) is 20.5. The maximum atomic E-state index is 14.2. The van der Waals surface area contributed by atoms with Gasteiger partial charge in [0.15, 0.2) is 11.4 Å². The number of H-pyrrole nitrogens is 1. The number of fused-ring (bicyclic) bond motifs is 10. The molecule has 3 unspecified atom stereocenters. The Balaban J connectivity index is 1.18. The van der Waals surface area contributed by atoms with Crippen LogP contribution >= 0.6 is 0 Å². The molecule has 4 aliphatic carbocycles. The molecule has 2 saturated carbocycles. The van der Waals surface area contributed by atoms with Crippen LogP contribution in [-0.2, 0) is 32.5 Å². The zero-order valence-electron chi connectivity index (χ0n) is 27.2. The third-order valence-corrected chi connectivity index (χ3v) is 14.6. The number of hydrogen-bond acceptors (Lipinski definition) is 6. The minimum Gasteiger partial charge on any atom is -0.387 e. The van der Waals surface area contributed by atoms with Crippen molar-refractivity contribution in [2.75, 3.05) is 0 Å². The molecule has 3 aliphatic heterocycles. The predicted octanol–water partition coefficient (Wildman–Crippen LogP) is 5.32. The molecule has 3 N–H and O–H groups in total. The van der Waals surface area contributed by atoms with E-state index >= 15 is 0 Å². The van der Waals surface area contributed by atoms with Crippen molar-refractivity contribution in [3.63, 3.8) is 0 Å². The molecular weight excluding hydrogens is 554 g/mol. The van der Waals surface area contributed by atoms with Crippen molar-refractivity contribution in [3.05, 3.63) is 46.7 Å². The summed E-state index contributed by atoms with van der Waals surface area (Å²) in [6.45, 7) is 19.0. The van der Waals surface area contributed by atoms with E-state index < -0.39 is 40.5 Å². The standard InChI is InChI=1S/C37H47NO6/c1-17(2)29-28(40)31-37(43-31)24(42-29)12-13-34(7)35(8)18(11-14-36(34,37)41)15-21-25-20-16-22-26(33(5,6)44-32(22,3)4)27(39)19(20)9-10-23(25)38-30(21)35/h9-10,18,22,24,26,28-29,31,38,40-41H,1,11-16H2,2-8H3/t18?,22-,24?,26+,28-,29?,31+,34-,35-,36+,37+/m1/s1. The normalized spacial score (nSPS) is 48.8. The molecule has 0 bridgehead atoms. The summed E-state index contributed by atoms with van der Waals surface area (Å²) in [5, 5.41) is 25.5. The van der Waals surface area contributed by atoms with Gasteiger partial charge in [0, 0.05) is 38.9 Å². The lowest BCUT2D eigenvalue weighted by molar-refractivity contribution is -0.265. The molecule has 0 radical (unpaired) electrons. The lowest BCUT2D eigenvalue weighted by Crippen LogP contribution is -2.76. The monoisotopic (exact) mass is 601 g/mol. The Kier molecular flexibility index (Phi) is 5.07. The van der Waals surface area contributed by atoms with Gasteiger partial charge in [0.25, 0.3) is 0 Å². The van der Waals surface area contributed by atoms with Crippen LogP contribution in [-0.4, -0.2) is 67.8 Å². The number of rotatable bonds is 1. The summed E-state index contributed by atoms with van der Waals surface area (Å²) in [6.07, 6.45) is 2.77. The summed E-state index contributed by atoms with van der Waals surface area (Å²) in [6, 6.07) is 4.14. The van der Waals surface area contributed by atoms with Gasteiger partial charge in [0.1, 0.15) is 23.9 Å². The van der Waals surface area contributed by atoms with E-state index in [2.05, 4.69) is 59.2 Å². The van der Waals surface area contributed by atoms with Crippen LogP contribution in [0.3, 0.4) is 0 Å². The molecule has 7 nitrogen and oxygen atoms in total. The Labute approximate surface area is 259 Å². The molecular formula is C37H47NO6. The highest BCUT2D eigenvalue weighted by molar-refractivity contribution is 6.06. The molecule has 1 aromatic heterocycles. The van der Waals surface area contributed by atoms with Crippen molar-refractivity contribution in [3.8, 4) is 0 Å². The molecule has 1 aromatic carbocycles. The number of aliphatic hydroxyl groups excluding tert-OH is 1. The smallest absolute Gasteiger partial charge is 0.169 e. The zero-order chi connectivity index (χ0) is 31.1. The molecule has 2 aromatic rings.